The molecule has 2 amide bonds. The Morgan fingerprint density at radius 1 is 1.02 bits per heavy atom. The van der Waals surface area contributed by atoms with E-state index in [-0.39, 0.29) is 35.5 Å². The number of hydrogen-bond donors (Lipinski definition) is 1. The molecule has 2 aliphatic heterocycles. The quantitative estimate of drug-likeness (QED) is 0.443. The summed E-state index contributed by atoms with van der Waals surface area (Å²) in [5.41, 5.74) is 4.28. The molecule has 2 aromatic carbocycles. The maximum Gasteiger partial charge on any atom is 0.243 e. The number of nitrogens with one attached hydrogen (secondary N) is 1. The van der Waals surface area contributed by atoms with Crippen molar-refractivity contribution in [3.63, 3.8) is 0 Å². The zero-order valence-corrected chi connectivity index (χ0v) is 24.1. The monoisotopic (exact) mass is 550 g/mol. The summed E-state index contributed by atoms with van der Waals surface area (Å²) in [6.45, 7) is 9.72. The number of amides is 2. The fraction of sp³-hybridized carbons (Fsp3) is 0.406. The first-order valence-electron chi connectivity index (χ1n) is 14.0. The summed E-state index contributed by atoms with van der Waals surface area (Å²) in [7, 11) is 0. The van der Waals surface area contributed by atoms with Crippen molar-refractivity contribution in [2.24, 2.45) is 15.6 Å². The van der Waals surface area contributed by atoms with Crippen LogP contribution in [0.2, 0.25) is 0 Å². The Labute approximate surface area is 239 Å². The van der Waals surface area contributed by atoms with Crippen molar-refractivity contribution in [2.45, 2.75) is 78.0 Å². The molecule has 1 saturated carbocycles. The number of rotatable bonds is 7. The predicted molar refractivity (Wildman–Crippen MR) is 153 cm³/mol. The molecule has 9 heteroatoms. The molecule has 1 unspecified atom stereocenters. The summed E-state index contributed by atoms with van der Waals surface area (Å²) >= 11 is 0. The molecular formula is C32H34N6O3. The summed E-state index contributed by atoms with van der Waals surface area (Å²) in [4.78, 5) is 51.2. The van der Waals surface area contributed by atoms with Gasteiger partial charge in [-0.2, -0.15) is 10.2 Å². The van der Waals surface area contributed by atoms with Gasteiger partial charge in [0.15, 0.2) is 11.3 Å². The lowest BCUT2D eigenvalue weighted by Gasteiger charge is -2.30. The van der Waals surface area contributed by atoms with Crippen LogP contribution >= 0.6 is 0 Å². The lowest BCUT2D eigenvalue weighted by atomic mass is 9.81. The van der Waals surface area contributed by atoms with E-state index < -0.39 is 11.6 Å². The fourth-order valence-electron chi connectivity index (χ4n) is 6.44. The smallest absolute Gasteiger partial charge is 0.243 e. The highest BCUT2D eigenvalue weighted by Gasteiger charge is 2.65. The van der Waals surface area contributed by atoms with Crippen LogP contribution in [-0.2, 0) is 26.5 Å². The summed E-state index contributed by atoms with van der Waals surface area (Å²) in [5.74, 6) is -0.0227. The molecule has 1 aliphatic carbocycles. The Morgan fingerprint density at radius 3 is 2.49 bits per heavy atom. The van der Waals surface area contributed by atoms with E-state index in [1.807, 2.05) is 57.2 Å². The summed E-state index contributed by atoms with van der Waals surface area (Å²) in [5, 5.41) is 11.9. The molecule has 0 bridgehead atoms. The molecule has 2 fully saturated rings. The van der Waals surface area contributed by atoms with Crippen LogP contribution in [0.25, 0.3) is 11.1 Å². The average molecular weight is 551 g/mol. The van der Waals surface area contributed by atoms with Crippen molar-refractivity contribution in [2.75, 3.05) is 0 Å². The van der Waals surface area contributed by atoms with Gasteiger partial charge in [0.25, 0.3) is 0 Å². The van der Waals surface area contributed by atoms with Crippen LogP contribution < -0.4 is 5.32 Å². The number of carbonyl (C=O) groups is 3. The molecule has 0 radical (unpaired) electrons. The van der Waals surface area contributed by atoms with E-state index in [1.54, 1.807) is 17.3 Å². The van der Waals surface area contributed by atoms with Crippen LogP contribution in [0, 0.1) is 26.2 Å². The Bertz CT molecular complexity index is 1620. The number of nitrogens with zero attached hydrogens (tertiary/aromatic N) is 5. The Hall–Kier alpha value is -4.27. The normalized spacial score (nSPS) is 25.5. The maximum atomic E-state index is 14.1. The summed E-state index contributed by atoms with van der Waals surface area (Å²) < 4.78 is 0. The molecule has 9 nitrogen and oxygen atoms in total. The lowest BCUT2D eigenvalue weighted by Crippen LogP contribution is -2.49. The molecule has 3 aliphatic rings. The molecule has 1 N–H and O–H groups in total. The van der Waals surface area contributed by atoms with E-state index in [4.69, 9.17) is 0 Å². The molecule has 1 saturated heterocycles. The van der Waals surface area contributed by atoms with Gasteiger partial charge < -0.3 is 10.2 Å². The van der Waals surface area contributed by atoms with Crippen molar-refractivity contribution in [3.05, 3.63) is 76.9 Å². The topological polar surface area (TPSA) is 117 Å². The third-order valence-corrected chi connectivity index (χ3v) is 8.95. The van der Waals surface area contributed by atoms with E-state index >= 15 is 0 Å². The van der Waals surface area contributed by atoms with E-state index in [0.29, 0.717) is 30.0 Å². The molecule has 3 aromatic rings. The third-order valence-electron chi connectivity index (χ3n) is 8.95. The fourth-order valence-corrected chi connectivity index (χ4v) is 6.44. The zero-order valence-electron chi connectivity index (χ0n) is 24.1. The number of likely N-dealkylation sites (tertiary alicyclic amines) is 1. The van der Waals surface area contributed by atoms with Gasteiger partial charge in [0.05, 0.1) is 12.1 Å². The Balaban J connectivity index is 1.28. The van der Waals surface area contributed by atoms with Crippen LogP contribution in [0.4, 0.5) is 5.69 Å². The highest BCUT2D eigenvalue weighted by molar-refractivity contribution is 5.98. The lowest BCUT2D eigenvalue weighted by molar-refractivity contribution is -0.142. The molecule has 41 heavy (non-hydrogen) atoms. The minimum Gasteiger partial charge on any atom is -0.350 e. The van der Waals surface area contributed by atoms with Gasteiger partial charge in [-0.3, -0.25) is 14.4 Å². The number of piperidine rings is 1. The van der Waals surface area contributed by atoms with E-state index in [9.17, 15) is 14.4 Å². The number of Topliss-reactive ketones (excluding diaryl/α,β-unsaturated/α-hetero) is 1. The largest absolute Gasteiger partial charge is 0.350 e. The van der Waals surface area contributed by atoms with Crippen molar-refractivity contribution in [1.29, 1.82) is 0 Å². The summed E-state index contributed by atoms with van der Waals surface area (Å²) in [6, 6.07) is 11.2. The van der Waals surface area contributed by atoms with Gasteiger partial charge in [-0.05, 0) is 74.8 Å². The molecular weight excluding hydrogens is 516 g/mol. The molecule has 4 atom stereocenters. The molecule has 210 valence electrons. The van der Waals surface area contributed by atoms with Crippen LogP contribution in [0.15, 0.2) is 59.0 Å². The zero-order chi connectivity index (χ0) is 29.1. The van der Waals surface area contributed by atoms with Crippen LogP contribution in [0.3, 0.4) is 0 Å². The molecule has 6 rings (SSSR count). The van der Waals surface area contributed by atoms with Gasteiger partial charge in [0, 0.05) is 36.1 Å². The average Bonchev–Trinajstić information content (AvgIpc) is 3.28. The number of fused-ring (bicyclic) bond motifs is 2. The minimum atomic E-state index is -1.45. The second-order valence-corrected chi connectivity index (χ2v) is 12.1. The number of ketones is 1. The molecule has 1 aromatic heterocycles. The van der Waals surface area contributed by atoms with Gasteiger partial charge in [-0.1, -0.05) is 36.8 Å². The number of azo groups is 1. The van der Waals surface area contributed by atoms with Crippen LogP contribution in [0.5, 0.6) is 0 Å². The van der Waals surface area contributed by atoms with Gasteiger partial charge in [-0.15, -0.1) is 0 Å². The van der Waals surface area contributed by atoms with Crippen molar-refractivity contribution in [1.82, 2.24) is 20.2 Å². The SMILES string of the molecule is CC(=O)C1(CC(=O)N2[C@H](C(=O)NCc3cccc(C)c3)C[C@@]3(C)C[C@@H]23)N=Nc2c(C)cc(-c3cnc(C)nc3)cc21. The van der Waals surface area contributed by atoms with Gasteiger partial charge in [0.1, 0.15) is 11.9 Å². The third kappa shape index (κ3) is 4.63. The van der Waals surface area contributed by atoms with Crippen molar-refractivity contribution < 1.29 is 14.4 Å². The summed E-state index contributed by atoms with van der Waals surface area (Å²) in [6.07, 6.45) is 4.75. The van der Waals surface area contributed by atoms with Gasteiger partial charge in [0.2, 0.25) is 11.8 Å². The van der Waals surface area contributed by atoms with E-state index in [1.165, 1.54) is 6.92 Å². The van der Waals surface area contributed by atoms with Gasteiger partial charge >= 0.3 is 0 Å². The second-order valence-electron chi connectivity index (χ2n) is 12.1. The number of aromatic nitrogens is 2. The molecule has 0 spiro atoms. The molecule has 3 heterocycles. The van der Waals surface area contributed by atoms with E-state index in [2.05, 4.69) is 32.4 Å². The van der Waals surface area contributed by atoms with Crippen LogP contribution in [0.1, 0.15) is 61.2 Å². The number of benzene rings is 2. The number of aryl methyl sites for hydroxylation is 3. The van der Waals surface area contributed by atoms with Crippen LogP contribution in [-0.4, -0.2) is 44.5 Å². The first kappa shape index (κ1) is 26.9. The first-order valence-corrected chi connectivity index (χ1v) is 14.0. The Morgan fingerprint density at radius 2 is 1.78 bits per heavy atom. The van der Waals surface area contributed by atoms with Crippen molar-refractivity contribution >= 4 is 23.3 Å². The number of hydrogen-bond acceptors (Lipinski definition) is 7. The Kier molecular flexibility index (Phi) is 6.36. The number of carbonyl (C=O) groups excluding carboxylic acids is 3. The maximum absolute atomic E-state index is 14.1. The van der Waals surface area contributed by atoms with Crippen molar-refractivity contribution in [3.8, 4) is 11.1 Å². The predicted octanol–water partition coefficient (Wildman–Crippen LogP) is 5.04. The second kappa shape index (κ2) is 9.68. The minimum absolute atomic E-state index is 0.0238. The first-order chi connectivity index (χ1) is 19.5. The van der Waals surface area contributed by atoms with Gasteiger partial charge in [-0.25, -0.2) is 9.97 Å². The highest BCUT2D eigenvalue weighted by atomic mass is 16.2. The van der Waals surface area contributed by atoms with E-state index in [0.717, 1.165) is 34.2 Å². The standard InChI is InChI=1S/C32H34N6O3/c1-18-7-6-8-22(9-18)15-35-30(41)26-12-31(5)13-27(31)38(26)28(40)14-32(20(3)39)25-11-23(10-19(2)29(25)36-37-32)24-16-33-21(4)34-17-24/h6-11,16-17,26-27H,12-15H2,1-5H3,(H,35,41)/t26-,27+,31-,32?/m0/s1. The highest BCUT2D eigenvalue weighted by Crippen LogP contribution is 2.60.